The van der Waals surface area contributed by atoms with E-state index in [9.17, 15) is 9.59 Å². The summed E-state index contributed by atoms with van der Waals surface area (Å²) in [4.78, 5) is 23.1. The van der Waals surface area contributed by atoms with Crippen LogP contribution < -0.4 is 5.32 Å². The van der Waals surface area contributed by atoms with E-state index in [1.165, 1.54) is 0 Å². The molecule has 0 radical (unpaired) electrons. The third-order valence-corrected chi connectivity index (χ3v) is 3.55. The number of hydrogen-bond acceptors (Lipinski definition) is 5. The number of aromatic nitrogens is 2. The summed E-state index contributed by atoms with van der Waals surface area (Å²) in [7, 11) is 0. The van der Waals surface area contributed by atoms with E-state index in [-0.39, 0.29) is 25.7 Å². The van der Waals surface area contributed by atoms with Gasteiger partial charge in [-0.2, -0.15) is 5.10 Å². The number of hydrogen-bond donors (Lipinski definition) is 2. The highest BCUT2D eigenvalue weighted by atomic mass is 79.9. The number of H-pyrrole nitrogens is 1. The molecule has 0 aliphatic heterocycles. The van der Waals surface area contributed by atoms with Gasteiger partial charge in [0, 0.05) is 16.6 Å². The first-order valence-electron chi connectivity index (χ1n) is 7.43. The Balaban J connectivity index is 1.77. The number of aromatic amines is 1. The van der Waals surface area contributed by atoms with Crippen LogP contribution in [0.5, 0.6) is 0 Å². The lowest BCUT2D eigenvalue weighted by molar-refractivity contribution is -0.148. The summed E-state index contributed by atoms with van der Waals surface area (Å²) in [5.41, 5.74) is 1.95. The largest absolute Gasteiger partial charge is 0.464 e. The van der Waals surface area contributed by atoms with Crippen LogP contribution in [0, 0.1) is 0 Å². The van der Waals surface area contributed by atoms with Crippen LogP contribution in [0.25, 0.3) is 11.3 Å². The van der Waals surface area contributed by atoms with E-state index >= 15 is 0 Å². The molecule has 24 heavy (non-hydrogen) atoms. The lowest BCUT2D eigenvalue weighted by Crippen LogP contribution is -2.28. The highest BCUT2D eigenvalue weighted by molar-refractivity contribution is 9.10. The normalized spacial score (nSPS) is 10.4. The zero-order valence-corrected chi connectivity index (χ0v) is 14.8. The van der Waals surface area contributed by atoms with Crippen LogP contribution in [0.4, 0.5) is 0 Å². The predicted octanol–water partition coefficient (Wildman–Crippen LogP) is 2.15. The molecule has 2 rings (SSSR count). The van der Waals surface area contributed by atoms with Gasteiger partial charge >= 0.3 is 5.97 Å². The average molecular weight is 396 g/mol. The van der Waals surface area contributed by atoms with Crippen molar-refractivity contribution in [3.05, 3.63) is 40.5 Å². The van der Waals surface area contributed by atoms with E-state index in [0.717, 1.165) is 10.0 Å². The minimum atomic E-state index is -0.420. The van der Waals surface area contributed by atoms with Crippen molar-refractivity contribution < 1.29 is 19.1 Å². The van der Waals surface area contributed by atoms with Crippen LogP contribution in [0.15, 0.2) is 34.8 Å². The molecule has 8 heteroatoms. The van der Waals surface area contributed by atoms with E-state index in [0.29, 0.717) is 18.0 Å². The van der Waals surface area contributed by atoms with Gasteiger partial charge in [-0.25, -0.2) is 4.79 Å². The molecule has 2 N–H and O–H groups in total. The number of carbonyl (C=O) groups is 2. The van der Waals surface area contributed by atoms with Crippen LogP contribution >= 0.6 is 15.9 Å². The summed E-state index contributed by atoms with van der Waals surface area (Å²) in [6.45, 7) is 2.43. The van der Waals surface area contributed by atoms with Gasteiger partial charge in [-0.15, -0.1) is 0 Å². The number of carbonyl (C=O) groups excluding carboxylic acids is 2. The molecular formula is C16H18BrN3O4. The van der Waals surface area contributed by atoms with E-state index in [1.54, 1.807) is 13.0 Å². The molecule has 0 unspecified atom stereocenters. The third-order valence-electron chi connectivity index (χ3n) is 3.02. The number of ether oxygens (including phenoxy) is 2. The van der Waals surface area contributed by atoms with Gasteiger partial charge in [0.1, 0.15) is 12.3 Å². The van der Waals surface area contributed by atoms with E-state index < -0.39 is 5.97 Å². The Hall–Kier alpha value is -2.19. The molecule has 0 fully saturated rings. The first-order valence-corrected chi connectivity index (χ1v) is 8.22. The van der Waals surface area contributed by atoms with Gasteiger partial charge in [0.25, 0.3) is 5.91 Å². The molecule has 0 saturated carbocycles. The summed E-state index contributed by atoms with van der Waals surface area (Å²) < 4.78 is 10.8. The van der Waals surface area contributed by atoms with Gasteiger partial charge in [0.2, 0.25) is 0 Å². The highest BCUT2D eigenvalue weighted by Gasteiger charge is 2.10. The Labute approximate surface area is 147 Å². The standard InChI is InChI=1S/C16H18BrN3O4/c1-2-24-15(21)10-23-8-7-18-16(22)14-9-13(19-20-14)11-3-5-12(17)6-4-11/h3-6,9H,2,7-8,10H2,1H3,(H,18,22)(H,19,20). The molecule has 1 amide bonds. The molecular weight excluding hydrogens is 378 g/mol. The van der Waals surface area contributed by atoms with Crippen LogP contribution in [-0.4, -0.2) is 48.4 Å². The Morgan fingerprint density at radius 1 is 1.29 bits per heavy atom. The molecule has 0 aliphatic carbocycles. The van der Waals surface area contributed by atoms with Gasteiger partial charge in [-0.1, -0.05) is 28.1 Å². The number of halogens is 1. The van der Waals surface area contributed by atoms with Crippen molar-refractivity contribution in [2.75, 3.05) is 26.4 Å². The average Bonchev–Trinajstić information content (AvgIpc) is 3.05. The Morgan fingerprint density at radius 3 is 2.75 bits per heavy atom. The van der Waals surface area contributed by atoms with Crippen molar-refractivity contribution in [3.8, 4) is 11.3 Å². The van der Waals surface area contributed by atoms with Crippen molar-refractivity contribution in [2.45, 2.75) is 6.92 Å². The summed E-state index contributed by atoms with van der Waals surface area (Å²) in [5.74, 6) is -0.706. The zero-order valence-electron chi connectivity index (χ0n) is 13.2. The maximum absolute atomic E-state index is 12.0. The number of nitrogens with one attached hydrogen (secondary N) is 2. The molecule has 2 aromatic rings. The molecule has 0 atom stereocenters. The second-order valence-electron chi connectivity index (χ2n) is 4.79. The lowest BCUT2D eigenvalue weighted by atomic mass is 10.1. The maximum Gasteiger partial charge on any atom is 0.332 e. The third kappa shape index (κ3) is 5.47. The van der Waals surface area contributed by atoms with Gasteiger partial charge in [-0.3, -0.25) is 9.89 Å². The molecule has 0 bridgehead atoms. The highest BCUT2D eigenvalue weighted by Crippen LogP contribution is 2.20. The second-order valence-corrected chi connectivity index (χ2v) is 5.70. The Morgan fingerprint density at radius 2 is 2.04 bits per heavy atom. The molecule has 1 aromatic carbocycles. The number of benzene rings is 1. The maximum atomic E-state index is 12.0. The summed E-state index contributed by atoms with van der Waals surface area (Å²) in [6, 6.07) is 9.31. The van der Waals surface area contributed by atoms with Crippen LogP contribution in [0.1, 0.15) is 17.4 Å². The number of esters is 1. The first kappa shape index (κ1) is 18.2. The summed E-state index contributed by atoms with van der Waals surface area (Å²) in [5, 5.41) is 9.52. The fourth-order valence-electron chi connectivity index (χ4n) is 1.90. The molecule has 0 aliphatic rings. The van der Waals surface area contributed by atoms with Crippen molar-refractivity contribution in [1.82, 2.24) is 15.5 Å². The summed E-state index contributed by atoms with van der Waals surface area (Å²) in [6.07, 6.45) is 0. The molecule has 1 heterocycles. The minimum absolute atomic E-state index is 0.124. The van der Waals surface area contributed by atoms with E-state index in [1.807, 2.05) is 24.3 Å². The van der Waals surface area contributed by atoms with Crippen LogP contribution in [0.2, 0.25) is 0 Å². The Kier molecular flexibility index (Phi) is 6.95. The molecule has 0 saturated heterocycles. The number of nitrogens with zero attached hydrogens (tertiary/aromatic N) is 1. The fourth-order valence-corrected chi connectivity index (χ4v) is 2.16. The first-order chi connectivity index (χ1) is 11.6. The van der Waals surface area contributed by atoms with Crippen molar-refractivity contribution in [2.24, 2.45) is 0 Å². The Bertz CT molecular complexity index is 685. The van der Waals surface area contributed by atoms with Crippen molar-refractivity contribution >= 4 is 27.8 Å². The van der Waals surface area contributed by atoms with Crippen molar-refractivity contribution in [3.63, 3.8) is 0 Å². The topological polar surface area (TPSA) is 93.3 Å². The van der Waals surface area contributed by atoms with Gasteiger partial charge in [0.15, 0.2) is 0 Å². The molecule has 1 aromatic heterocycles. The number of rotatable bonds is 8. The quantitative estimate of drug-likeness (QED) is 0.527. The molecule has 128 valence electrons. The zero-order chi connectivity index (χ0) is 17.4. The predicted molar refractivity (Wildman–Crippen MR) is 91.5 cm³/mol. The monoisotopic (exact) mass is 395 g/mol. The van der Waals surface area contributed by atoms with E-state index in [4.69, 9.17) is 9.47 Å². The van der Waals surface area contributed by atoms with Gasteiger partial charge in [-0.05, 0) is 25.1 Å². The number of amides is 1. The second kappa shape index (κ2) is 9.19. The lowest BCUT2D eigenvalue weighted by Gasteiger charge is -2.05. The SMILES string of the molecule is CCOC(=O)COCCNC(=O)c1cc(-c2ccc(Br)cc2)n[nH]1. The van der Waals surface area contributed by atoms with Gasteiger partial charge < -0.3 is 14.8 Å². The fraction of sp³-hybridized carbons (Fsp3) is 0.312. The molecule has 0 spiro atoms. The van der Waals surface area contributed by atoms with Crippen molar-refractivity contribution in [1.29, 1.82) is 0 Å². The smallest absolute Gasteiger partial charge is 0.332 e. The van der Waals surface area contributed by atoms with E-state index in [2.05, 4.69) is 31.4 Å². The molecule has 7 nitrogen and oxygen atoms in total. The minimum Gasteiger partial charge on any atom is -0.464 e. The van der Waals surface area contributed by atoms with Crippen LogP contribution in [0.3, 0.4) is 0 Å². The van der Waals surface area contributed by atoms with Crippen LogP contribution in [-0.2, 0) is 14.3 Å². The van der Waals surface area contributed by atoms with Gasteiger partial charge in [0.05, 0.1) is 18.9 Å². The summed E-state index contributed by atoms with van der Waals surface area (Å²) >= 11 is 3.37.